The number of benzene rings is 1. The van der Waals surface area contributed by atoms with E-state index in [0.717, 1.165) is 81.8 Å². The van der Waals surface area contributed by atoms with Crippen molar-refractivity contribution in [2.75, 3.05) is 52.5 Å². The molecule has 0 aliphatic carbocycles. The Balaban J connectivity index is 1.51. The number of furan rings is 1. The minimum Gasteiger partial charge on any atom is -0.494 e. The van der Waals surface area contributed by atoms with Gasteiger partial charge in [-0.3, -0.25) is 4.90 Å². The maximum atomic E-state index is 5.73. The normalized spacial score (nSPS) is 15.2. The molecule has 1 saturated heterocycles. The molecule has 2 N–H and O–H groups in total. The highest BCUT2D eigenvalue weighted by molar-refractivity contribution is 5.79. The molecule has 7 heteroatoms. The molecule has 0 spiro atoms. The topological polar surface area (TPSA) is 71.3 Å². The highest BCUT2D eigenvalue weighted by Crippen LogP contribution is 2.18. The van der Waals surface area contributed by atoms with Gasteiger partial charge in [-0.2, -0.15) is 0 Å². The average molecular weight is 415 g/mol. The van der Waals surface area contributed by atoms with Crippen molar-refractivity contribution in [1.82, 2.24) is 15.5 Å². The van der Waals surface area contributed by atoms with Gasteiger partial charge in [0.2, 0.25) is 0 Å². The fourth-order valence-electron chi connectivity index (χ4n) is 3.36. The Morgan fingerprint density at radius 3 is 2.73 bits per heavy atom. The third kappa shape index (κ3) is 7.72. The number of guanidine groups is 1. The molecule has 0 radical (unpaired) electrons. The van der Waals surface area contributed by atoms with Crippen molar-refractivity contribution < 1.29 is 13.9 Å². The van der Waals surface area contributed by atoms with Gasteiger partial charge in [0, 0.05) is 38.2 Å². The molecule has 1 aromatic carbocycles. The maximum absolute atomic E-state index is 5.73. The largest absolute Gasteiger partial charge is 0.494 e. The number of ether oxygens (including phenoxy) is 2. The fourth-order valence-corrected chi connectivity index (χ4v) is 3.36. The Bertz CT molecular complexity index is 743. The number of nitrogens with one attached hydrogen (secondary N) is 2. The van der Waals surface area contributed by atoms with E-state index < -0.39 is 0 Å². The lowest BCUT2D eigenvalue weighted by Crippen LogP contribution is -2.41. The van der Waals surface area contributed by atoms with Gasteiger partial charge >= 0.3 is 0 Å². The molecule has 3 rings (SSSR count). The SMILES string of the molecule is CCOc1ccccc1CN=C(NCCCN1CCOCC1)NCCc1ccco1. The van der Waals surface area contributed by atoms with Crippen LogP contribution in [-0.4, -0.2) is 63.4 Å². The lowest BCUT2D eigenvalue weighted by atomic mass is 10.2. The molecule has 0 amide bonds. The van der Waals surface area contributed by atoms with Gasteiger partial charge in [0.15, 0.2) is 5.96 Å². The van der Waals surface area contributed by atoms with Crippen LogP contribution in [0.2, 0.25) is 0 Å². The zero-order valence-corrected chi connectivity index (χ0v) is 17.9. The van der Waals surface area contributed by atoms with E-state index in [1.165, 1.54) is 0 Å². The number of hydrogen-bond acceptors (Lipinski definition) is 5. The second kappa shape index (κ2) is 12.9. The van der Waals surface area contributed by atoms with Gasteiger partial charge in [-0.15, -0.1) is 0 Å². The number of rotatable bonds is 11. The van der Waals surface area contributed by atoms with Gasteiger partial charge in [-0.05, 0) is 38.1 Å². The Hall–Kier alpha value is -2.51. The predicted molar refractivity (Wildman–Crippen MR) is 119 cm³/mol. The number of aliphatic imine (C=N–C) groups is 1. The van der Waals surface area contributed by atoms with Gasteiger partial charge in [-0.25, -0.2) is 4.99 Å². The van der Waals surface area contributed by atoms with Crippen LogP contribution in [0.4, 0.5) is 0 Å². The molecule has 164 valence electrons. The molecule has 0 saturated carbocycles. The van der Waals surface area contributed by atoms with Crippen LogP contribution < -0.4 is 15.4 Å². The van der Waals surface area contributed by atoms with E-state index in [0.29, 0.717) is 13.2 Å². The lowest BCUT2D eigenvalue weighted by Gasteiger charge is -2.26. The van der Waals surface area contributed by atoms with Crippen molar-refractivity contribution in [1.29, 1.82) is 0 Å². The van der Waals surface area contributed by atoms with E-state index >= 15 is 0 Å². The number of para-hydroxylation sites is 1. The van der Waals surface area contributed by atoms with Crippen LogP contribution in [0.5, 0.6) is 5.75 Å². The quantitative estimate of drug-likeness (QED) is 0.335. The van der Waals surface area contributed by atoms with Crippen molar-refractivity contribution in [2.24, 2.45) is 4.99 Å². The van der Waals surface area contributed by atoms with E-state index in [2.05, 4.69) is 21.6 Å². The molecular weight excluding hydrogens is 380 g/mol. The third-order valence-electron chi connectivity index (χ3n) is 4.97. The van der Waals surface area contributed by atoms with Crippen molar-refractivity contribution in [3.63, 3.8) is 0 Å². The van der Waals surface area contributed by atoms with Crippen LogP contribution in [0.3, 0.4) is 0 Å². The van der Waals surface area contributed by atoms with Gasteiger partial charge in [0.1, 0.15) is 11.5 Å². The van der Waals surface area contributed by atoms with E-state index in [1.54, 1.807) is 6.26 Å². The molecule has 1 aliphatic heterocycles. The van der Waals surface area contributed by atoms with Gasteiger partial charge < -0.3 is 24.5 Å². The van der Waals surface area contributed by atoms with Gasteiger partial charge in [-0.1, -0.05) is 18.2 Å². The Morgan fingerprint density at radius 2 is 1.93 bits per heavy atom. The molecule has 1 fully saturated rings. The number of morpholine rings is 1. The first-order chi connectivity index (χ1) is 14.8. The fraction of sp³-hybridized carbons (Fsp3) is 0.522. The molecule has 0 bridgehead atoms. The standard InChI is InChI=1S/C23H34N4O3/c1-2-29-22-9-4-3-7-20(22)19-26-23(25-12-10-21-8-5-16-30-21)24-11-6-13-27-14-17-28-18-15-27/h3-5,7-9,16H,2,6,10-15,17-19H2,1H3,(H2,24,25,26). The highest BCUT2D eigenvalue weighted by Gasteiger charge is 2.09. The molecule has 7 nitrogen and oxygen atoms in total. The van der Waals surface area contributed by atoms with Crippen molar-refractivity contribution in [3.8, 4) is 5.75 Å². The summed E-state index contributed by atoms with van der Waals surface area (Å²) in [5.74, 6) is 2.68. The first kappa shape index (κ1) is 22.2. The molecule has 2 aromatic rings. The van der Waals surface area contributed by atoms with Crippen LogP contribution in [0.1, 0.15) is 24.7 Å². The van der Waals surface area contributed by atoms with Crippen molar-refractivity contribution in [3.05, 3.63) is 54.0 Å². The first-order valence-electron chi connectivity index (χ1n) is 10.9. The monoisotopic (exact) mass is 414 g/mol. The third-order valence-corrected chi connectivity index (χ3v) is 4.97. The van der Waals surface area contributed by atoms with Crippen LogP contribution in [0.25, 0.3) is 0 Å². The zero-order chi connectivity index (χ0) is 20.9. The van der Waals surface area contributed by atoms with Gasteiger partial charge in [0.25, 0.3) is 0 Å². The number of hydrogen-bond donors (Lipinski definition) is 2. The van der Waals surface area contributed by atoms with Crippen molar-refractivity contribution in [2.45, 2.75) is 26.3 Å². The predicted octanol–water partition coefficient (Wildman–Crippen LogP) is 2.68. The minimum atomic E-state index is 0.565. The summed E-state index contributed by atoms with van der Waals surface area (Å²) in [5.41, 5.74) is 1.08. The summed E-state index contributed by atoms with van der Waals surface area (Å²) in [6.07, 6.45) is 3.59. The number of nitrogens with zero attached hydrogens (tertiary/aromatic N) is 2. The zero-order valence-electron chi connectivity index (χ0n) is 17.9. The van der Waals surface area contributed by atoms with Gasteiger partial charge in [0.05, 0.1) is 32.6 Å². The maximum Gasteiger partial charge on any atom is 0.191 e. The minimum absolute atomic E-state index is 0.565. The smallest absolute Gasteiger partial charge is 0.191 e. The van der Waals surface area contributed by atoms with E-state index in [-0.39, 0.29) is 0 Å². The molecule has 1 aliphatic rings. The summed E-state index contributed by atoms with van der Waals surface area (Å²) in [5, 5.41) is 6.89. The van der Waals surface area contributed by atoms with Crippen LogP contribution in [0.15, 0.2) is 52.1 Å². The van der Waals surface area contributed by atoms with E-state index in [9.17, 15) is 0 Å². The summed E-state index contributed by atoms with van der Waals surface area (Å²) >= 11 is 0. The summed E-state index contributed by atoms with van der Waals surface area (Å²) < 4.78 is 16.6. The summed E-state index contributed by atoms with van der Waals surface area (Å²) in [6, 6.07) is 12.0. The molecule has 0 unspecified atom stereocenters. The van der Waals surface area contributed by atoms with Crippen LogP contribution in [-0.2, 0) is 17.7 Å². The second-order valence-electron chi connectivity index (χ2n) is 7.20. The molecule has 0 atom stereocenters. The van der Waals surface area contributed by atoms with E-state index in [1.807, 2.05) is 37.3 Å². The van der Waals surface area contributed by atoms with E-state index in [4.69, 9.17) is 18.9 Å². The summed E-state index contributed by atoms with van der Waals surface area (Å²) in [6.45, 7) is 9.65. The Morgan fingerprint density at radius 1 is 1.10 bits per heavy atom. The molecule has 30 heavy (non-hydrogen) atoms. The van der Waals surface area contributed by atoms with Crippen LogP contribution in [0, 0.1) is 0 Å². The Kier molecular flexibility index (Phi) is 9.56. The summed E-state index contributed by atoms with van der Waals surface area (Å²) in [4.78, 5) is 7.24. The molecular formula is C23H34N4O3. The van der Waals surface area contributed by atoms with Crippen LogP contribution >= 0.6 is 0 Å². The molecule has 1 aromatic heterocycles. The highest BCUT2D eigenvalue weighted by atomic mass is 16.5. The lowest BCUT2D eigenvalue weighted by molar-refractivity contribution is 0.0376. The average Bonchev–Trinajstić information content (AvgIpc) is 3.30. The summed E-state index contributed by atoms with van der Waals surface area (Å²) in [7, 11) is 0. The molecule has 2 heterocycles. The first-order valence-corrected chi connectivity index (χ1v) is 10.9. The second-order valence-corrected chi connectivity index (χ2v) is 7.20. The Labute approximate surface area is 179 Å². The van der Waals surface area contributed by atoms with Crippen molar-refractivity contribution >= 4 is 5.96 Å².